The zero-order chi connectivity index (χ0) is 13.9. The lowest BCUT2D eigenvalue weighted by atomic mass is 10.1. The zero-order valence-electron chi connectivity index (χ0n) is 10.5. The topological polar surface area (TPSA) is 76.5 Å². The monoisotopic (exact) mass is 281 g/mol. The van der Waals surface area contributed by atoms with Crippen LogP contribution in [0.5, 0.6) is 5.75 Å². The highest BCUT2D eigenvalue weighted by atomic mass is 32.2. The van der Waals surface area contributed by atoms with Crippen molar-refractivity contribution in [3.8, 4) is 5.75 Å². The molecule has 5 nitrogen and oxygen atoms in total. The number of hydrogen-bond acceptors (Lipinski definition) is 4. The molecule has 0 fully saturated rings. The first-order valence-electron chi connectivity index (χ1n) is 5.86. The van der Waals surface area contributed by atoms with E-state index in [4.69, 9.17) is 9.29 Å². The maximum atomic E-state index is 10.6. The van der Waals surface area contributed by atoms with Crippen molar-refractivity contribution in [3.05, 3.63) is 36.0 Å². The van der Waals surface area contributed by atoms with Crippen molar-refractivity contribution in [1.82, 2.24) is 4.98 Å². The van der Waals surface area contributed by atoms with Crippen molar-refractivity contribution in [2.45, 2.75) is 12.8 Å². The summed E-state index contributed by atoms with van der Waals surface area (Å²) in [6, 6.07) is 7.55. The van der Waals surface area contributed by atoms with Crippen LogP contribution in [0.4, 0.5) is 0 Å². The van der Waals surface area contributed by atoms with Crippen LogP contribution in [0.3, 0.4) is 0 Å². The predicted molar refractivity (Wildman–Crippen MR) is 73.0 cm³/mol. The number of ether oxygens (including phenoxy) is 1. The highest BCUT2D eigenvalue weighted by Crippen LogP contribution is 2.20. The highest BCUT2D eigenvalue weighted by Gasteiger charge is 2.05. The first-order chi connectivity index (χ1) is 8.98. The SMILES string of the molecule is COc1ccc2ncc(CCCS(=O)(=O)O)cc2c1. The van der Waals surface area contributed by atoms with Gasteiger partial charge in [-0.25, -0.2) is 0 Å². The van der Waals surface area contributed by atoms with Crippen LogP contribution in [0.15, 0.2) is 30.5 Å². The summed E-state index contributed by atoms with van der Waals surface area (Å²) in [5.74, 6) is 0.521. The number of methoxy groups -OCH3 is 1. The molecular formula is C13H15NO4S. The second kappa shape index (κ2) is 5.54. The summed E-state index contributed by atoms with van der Waals surface area (Å²) < 4.78 is 35.1. The van der Waals surface area contributed by atoms with Gasteiger partial charge in [-0.3, -0.25) is 9.54 Å². The molecule has 0 aliphatic heterocycles. The largest absolute Gasteiger partial charge is 0.497 e. The average Bonchev–Trinajstić information content (AvgIpc) is 2.36. The van der Waals surface area contributed by atoms with Gasteiger partial charge in [0.05, 0.1) is 18.4 Å². The maximum Gasteiger partial charge on any atom is 0.264 e. The quantitative estimate of drug-likeness (QED) is 0.849. The van der Waals surface area contributed by atoms with Gasteiger partial charge in [-0.2, -0.15) is 8.42 Å². The van der Waals surface area contributed by atoms with E-state index in [-0.39, 0.29) is 5.75 Å². The minimum atomic E-state index is -3.89. The summed E-state index contributed by atoms with van der Waals surface area (Å²) >= 11 is 0. The fourth-order valence-electron chi connectivity index (χ4n) is 1.88. The Balaban J connectivity index is 2.16. The lowest BCUT2D eigenvalue weighted by Crippen LogP contribution is -2.04. The van der Waals surface area contributed by atoms with Crippen molar-refractivity contribution in [1.29, 1.82) is 0 Å². The van der Waals surface area contributed by atoms with Gasteiger partial charge in [0, 0.05) is 11.6 Å². The van der Waals surface area contributed by atoms with Crippen LogP contribution < -0.4 is 4.74 Å². The molecule has 2 aromatic rings. The maximum absolute atomic E-state index is 10.6. The van der Waals surface area contributed by atoms with Crippen molar-refractivity contribution in [2.75, 3.05) is 12.9 Å². The van der Waals surface area contributed by atoms with Gasteiger partial charge in [-0.1, -0.05) is 0 Å². The molecule has 0 saturated carbocycles. The third-order valence-corrected chi connectivity index (χ3v) is 3.62. The van der Waals surface area contributed by atoms with Gasteiger partial charge in [0.1, 0.15) is 5.75 Å². The lowest BCUT2D eigenvalue weighted by molar-refractivity contribution is 0.415. The van der Waals surface area contributed by atoms with Gasteiger partial charge >= 0.3 is 0 Å². The van der Waals surface area contributed by atoms with Crippen molar-refractivity contribution in [3.63, 3.8) is 0 Å². The Kier molecular flexibility index (Phi) is 4.01. The van der Waals surface area contributed by atoms with Crippen LogP contribution in [0.1, 0.15) is 12.0 Å². The van der Waals surface area contributed by atoms with Crippen LogP contribution in [0, 0.1) is 0 Å². The minimum absolute atomic E-state index is 0.233. The summed E-state index contributed by atoms with van der Waals surface area (Å²) in [5.41, 5.74) is 1.80. The smallest absolute Gasteiger partial charge is 0.264 e. The fraction of sp³-hybridized carbons (Fsp3) is 0.308. The third-order valence-electron chi connectivity index (χ3n) is 2.81. The number of nitrogens with zero attached hydrogens (tertiary/aromatic N) is 1. The Labute approximate surface area is 112 Å². The molecule has 0 saturated heterocycles. The van der Waals surface area contributed by atoms with Gasteiger partial charge in [0.25, 0.3) is 10.1 Å². The Bertz CT molecular complexity index is 682. The molecule has 1 N–H and O–H groups in total. The van der Waals surface area contributed by atoms with E-state index < -0.39 is 10.1 Å². The van der Waals surface area contributed by atoms with Gasteiger partial charge in [-0.05, 0) is 42.7 Å². The van der Waals surface area contributed by atoms with Gasteiger partial charge in [-0.15, -0.1) is 0 Å². The van der Waals surface area contributed by atoms with Crippen molar-refractivity contribution < 1.29 is 17.7 Å². The van der Waals surface area contributed by atoms with E-state index in [1.165, 1.54) is 0 Å². The summed E-state index contributed by atoms with van der Waals surface area (Å²) in [5, 5.41) is 0.948. The average molecular weight is 281 g/mol. The van der Waals surface area contributed by atoms with E-state index in [0.717, 1.165) is 22.2 Å². The lowest BCUT2D eigenvalue weighted by Gasteiger charge is -2.05. The first kappa shape index (κ1) is 13.8. The molecule has 19 heavy (non-hydrogen) atoms. The van der Waals surface area contributed by atoms with Crippen molar-refractivity contribution >= 4 is 21.0 Å². The van der Waals surface area contributed by atoms with Gasteiger partial charge in [0.2, 0.25) is 0 Å². The normalized spacial score (nSPS) is 11.7. The molecule has 1 aromatic heterocycles. The van der Waals surface area contributed by atoms with E-state index in [0.29, 0.717) is 12.8 Å². The van der Waals surface area contributed by atoms with Crippen LogP contribution in [0.2, 0.25) is 0 Å². The molecule has 0 aliphatic rings. The van der Waals surface area contributed by atoms with Crippen LogP contribution in [-0.2, 0) is 16.5 Å². The molecule has 0 atom stereocenters. The molecule has 1 aromatic carbocycles. The van der Waals surface area contributed by atoms with E-state index in [1.54, 1.807) is 13.3 Å². The molecule has 2 rings (SSSR count). The molecule has 0 amide bonds. The van der Waals surface area contributed by atoms with E-state index >= 15 is 0 Å². The molecule has 0 spiro atoms. The number of aryl methyl sites for hydroxylation is 1. The summed E-state index contributed by atoms with van der Waals surface area (Å²) in [4.78, 5) is 4.30. The second-order valence-electron chi connectivity index (χ2n) is 4.29. The number of rotatable bonds is 5. The number of pyridine rings is 1. The fourth-order valence-corrected chi connectivity index (χ4v) is 2.39. The first-order valence-corrected chi connectivity index (χ1v) is 7.47. The second-order valence-corrected chi connectivity index (χ2v) is 5.86. The van der Waals surface area contributed by atoms with Crippen LogP contribution >= 0.6 is 0 Å². The van der Waals surface area contributed by atoms with Crippen LogP contribution in [-0.4, -0.2) is 30.8 Å². The van der Waals surface area contributed by atoms with E-state index in [2.05, 4.69) is 4.98 Å². The molecule has 102 valence electrons. The zero-order valence-corrected chi connectivity index (χ0v) is 11.4. The van der Waals surface area contributed by atoms with Gasteiger partial charge in [0.15, 0.2) is 0 Å². The number of aromatic nitrogens is 1. The molecule has 0 unspecified atom stereocenters. The number of hydrogen-bond donors (Lipinski definition) is 1. The Hall–Kier alpha value is -1.66. The van der Waals surface area contributed by atoms with Crippen molar-refractivity contribution in [2.24, 2.45) is 0 Å². The minimum Gasteiger partial charge on any atom is -0.497 e. The Morgan fingerprint density at radius 1 is 1.32 bits per heavy atom. The standard InChI is InChI=1S/C13H15NO4S/c1-18-12-4-5-13-11(8-12)7-10(9-14-13)3-2-6-19(15,16)17/h4-5,7-9H,2-3,6H2,1H3,(H,15,16,17). The molecular weight excluding hydrogens is 266 g/mol. The predicted octanol–water partition coefficient (Wildman–Crippen LogP) is 2.06. The highest BCUT2D eigenvalue weighted by molar-refractivity contribution is 7.85. The third kappa shape index (κ3) is 3.90. The van der Waals surface area contributed by atoms with Crippen LogP contribution in [0.25, 0.3) is 10.9 Å². The Morgan fingerprint density at radius 2 is 2.11 bits per heavy atom. The molecule has 0 aliphatic carbocycles. The van der Waals surface area contributed by atoms with E-state index in [9.17, 15) is 8.42 Å². The van der Waals surface area contributed by atoms with Gasteiger partial charge < -0.3 is 4.74 Å². The molecule has 6 heteroatoms. The molecule has 0 radical (unpaired) electrons. The summed E-state index contributed by atoms with van der Waals surface area (Å²) in [7, 11) is -2.29. The van der Waals surface area contributed by atoms with E-state index in [1.807, 2.05) is 24.3 Å². The molecule has 0 bridgehead atoms. The number of fused-ring (bicyclic) bond motifs is 1. The summed E-state index contributed by atoms with van der Waals surface area (Å²) in [6.45, 7) is 0. The number of benzene rings is 1. The molecule has 1 heterocycles. The Morgan fingerprint density at radius 3 is 2.79 bits per heavy atom. The summed E-state index contributed by atoms with van der Waals surface area (Å²) in [6.07, 6.45) is 2.65.